The number of carbonyl (C=O) groups excluding carboxylic acids is 1. The van der Waals surface area contributed by atoms with Gasteiger partial charge in [0.1, 0.15) is 0 Å². The molecule has 1 aliphatic rings. The van der Waals surface area contributed by atoms with Crippen molar-refractivity contribution in [1.29, 1.82) is 0 Å². The second-order valence-corrected chi connectivity index (χ2v) is 4.33. The lowest BCUT2D eigenvalue weighted by Crippen LogP contribution is -2.19. The molecule has 1 aromatic rings. The van der Waals surface area contributed by atoms with Crippen molar-refractivity contribution in [1.82, 2.24) is 5.32 Å². The average Bonchev–Trinajstić information content (AvgIpc) is 2.80. The maximum Gasteiger partial charge on any atom is 0.174 e. The number of rotatable bonds is 5. The number of thiophene rings is 1. The second-order valence-electron chi connectivity index (χ2n) is 3.38. The van der Waals surface area contributed by atoms with E-state index < -0.39 is 0 Å². The molecule has 70 valence electrons. The smallest absolute Gasteiger partial charge is 0.174 e. The molecule has 0 unspecified atom stereocenters. The van der Waals surface area contributed by atoms with Crippen LogP contribution < -0.4 is 5.32 Å². The monoisotopic (exact) mass is 195 g/mol. The van der Waals surface area contributed by atoms with Crippen LogP contribution in [0.15, 0.2) is 17.5 Å². The van der Waals surface area contributed by atoms with Gasteiger partial charge in [-0.2, -0.15) is 0 Å². The van der Waals surface area contributed by atoms with Crippen molar-refractivity contribution in [2.75, 3.05) is 6.54 Å². The van der Waals surface area contributed by atoms with E-state index in [1.807, 2.05) is 17.5 Å². The minimum absolute atomic E-state index is 0.267. The van der Waals surface area contributed by atoms with Crippen LogP contribution in [0.1, 0.15) is 28.9 Å². The molecule has 2 rings (SSSR count). The van der Waals surface area contributed by atoms with Crippen LogP contribution in [0.25, 0.3) is 0 Å². The van der Waals surface area contributed by atoms with E-state index in [-0.39, 0.29) is 5.78 Å². The second kappa shape index (κ2) is 4.03. The fourth-order valence-corrected chi connectivity index (χ4v) is 1.93. The summed E-state index contributed by atoms with van der Waals surface area (Å²) < 4.78 is 0. The maximum absolute atomic E-state index is 11.5. The molecule has 0 radical (unpaired) electrons. The fourth-order valence-electron chi connectivity index (χ4n) is 1.24. The number of hydrogen-bond acceptors (Lipinski definition) is 3. The van der Waals surface area contributed by atoms with Gasteiger partial charge in [0.2, 0.25) is 0 Å². The Hall–Kier alpha value is -0.670. The number of ketones is 1. The molecule has 0 atom stereocenters. The van der Waals surface area contributed by atoms with Gasteiger partial charge in [-0.3, -0.25) is 4.79 Å². The molecule has 0 bridgehead atoms. The van der Waals surface area contributed by atoms with Gasteiger partial charge in [-0.1, -0.05) is 6.07 Å². The van der Waals surface area contributed by atoms with E-state index in [9.17, 15) is 4.79 Å². The van der Waals surface area contributed by atoms with Gasteiger partial charge >= 0.3 is 0 Å². The molecule has 0 amide bonds. The van der Waals surface area contributed by atoms with Crippen LogP contribution in [-0.2, 0) is 0 Å². The molecule has 1 saturated carbocycles. The summed E-state index contributed by atoms with van der Waals surface area (Å²) in [6, 6.07) is 4.52. The predicted molar refractivity (Wildman–Crippen MR) is 54.3 cm³/mol. The van der Waals surface area contributed by atoms with Gasteiger partial charge < -0.3 is 5.32 Å². The largest absolute Gasteiger partial charge is 0.314 e. The number of hydrogen-bond donors (Lipinski definition) is 1. The van der Waals surface area contributed by atoms with Crippen LogP contribution in [0.5, 0.6) is 0 Å². The molecule has 3 heteroatoms. The Labute approximate surface area is 82.0 Å². The quantitative estimate of drug-likeness (QED) is 0.729. The Balaban J connectivity index is 1.71. The van der Waals surface area contributed by atoms with Gasteiger partial charge in [0.05, 0.1) is 4.88 Å². The Morgan fingerprint density at radius 1 is 1.62 bits per heavy atom. The zero-order valence-electron chi connectivity index (χ0n) is 7.45. The highest BCUT2D eigenvalue weighted by atomic mass is 32.1. The van der Waals surface area contributed by atoms with Gasteiger partial charge in [0.25, 0.3) is 0 Å². The van der Waals surface area contributed by atoms with E-state index in [2.05, 4.69) is 5.32 Å². The maximum atomic E-state index is 11.5. The first-order chi connectivity index (χ1) is 6.36. The van der Waals surface area contributed by atoms with E-state index in [0.29, 0.717) is 12.5 Å². The van der Waals surface area contributed by atoms with Crippen molar-refractivity contribution >= 4 is 17.1 Å². The van der Waals surface area contributed by atoms with E-state index in [4.69, 9.17) is 0 Å². The summed E-state index contributed by atoms with van der Waals surface area (Å²) in [7, 11) is 0. The van der Waals surface area contributed by atoms with Crippen molar-refractivity contribution < 1.29 is 4.79 Å². The average molecular weight is 195 g/mol. The molecule has 1 heterocycles. The van der Waals surface area contributed by atoms with Crippen molar-refractivity contribution in [2.24, 2.45) is 0 Å². The fraction of sp³-hybridized carbons (Fsp3) is 0.500. The SMILES string of the molecule is O=C(CCNC1CC1)c1cccs1. The third kappa shape index (κ3) is 2.64. The van der Waals surface area contributed by atoms with Gasteiger partial charge in [-0.15, -0.1) is 11.3 Å². The molecule has 13 heavy (non-hydrogen) atoms. The first-order valence-corrected chi connectivity index (χ1v) is 5.54. The molecular formula is C10H13NOS. The summed E-state index contributed by atoms with van der Waals surface area (Å²) in [4.78, 5) is 12.4. The topological polar surface area (TPSA) is 29.1 Å². The first-order valence-electron chi connectivity index (χ1n) is 4.66. The highest BCUT2D eigenvalue weighted by molar-refractivity contribution is 7.12. The zero-order chi connectivity index (χ0) is 9.10. The van der Waals surface area contributed by atoms with E-state index in [1.165, 1.54) is 24.2 Å². The van der Waals surface area contributed by atoms with Crippen molar-refractivity contribution in [3.05, 3.63) is 22.4 Å². The molecule has 0 aliphatic heterocycles. The lowest BCUT2D eigenvalue weighted by Gasteiger charge is -1.99. The van der Waals surface area contributed by atoms with Crippen LogP contribution in [0, 0.1) is 0 Å². The highest BCUT2D eigenvalue weighted by Crippen LogP contribution is 2.18. The van der Waals surface area contributed by atoms with Crippen LogP contribution in [-0.4, -0.2) is 18.4 Å². The molecule has 1 N–H and O–H groups in total. The van der Waals surface area contributed by atoms with E-state index in [0.717, 1.165) is 11.4 Å². The van der Waals surface area contributed by atoms with Crippen LogP contribution >= 0.6 is 11.3 Å². The predicted octanol–water partition coefficient (Wildman–Crippen LogP) is 2.07. The lowest BCUT2D eigenvalue weighted by atomic mass is 10.2. The Bertz CT molecular complexity index is 277. The molecule has 1 aliphatic carbocycles. The summed E-state index contributed by atoms with van der Waals surface area (Å²) in [6.07, 6.45) is 3.21. The molecule has 0 spiro atoms. The molecular weight excluding hydrogens is 182 g/mol. The normalized spacial score (nSPS) is 16.0. The Morgan fingerprint density at radius 3 is 3.08 bits per heavy atom. The molecule has 0 saturated heterocycles. The molecule has 0 aromatic carbocycles. The summed E-state index contributed by atoms with van der Waals surface area (Å²) in [5.41, 5.74) is 0. The minimum Gasteiger partial charge on any atom is -0.314 e. The Morgan fingerprint density at radius 2 is 2.46 bits per heavy atom. The third-order valence-corrected chi connectivity index (χ3v) is 3.07. The summed E-state index contributed by atoms with van der Waals surface area (Å²) in [5.74, 6) is 0.267. The van der Waals surface area contributed by atoms with Crippen LogP contribution in [0.2, 0.25) is 0 Å². The van der Waals surface area contributed by atoms with Crippen molar-refractivity contribution in [3.8, 4) is 0 Å². The number of nitrogens with one attached hydrogen (secondary N) is 1. The summed E-state index contributed by atoms with van der Waals surface area (Å²) in [5, 5.41) is 5.28. The standard InChI is InChI=1S/C10H13NOS/c12-9(10-2-1-7-13-10)5-6-11-8-3-4-8/h1-2,7-8,11H,3-6H2. The first kappa shape index (κ1) is 8.91. The highest BCUT2D eigenvalue weighted by Gasteiger charge is 2.20. The molecule has 1 fully saturated rings. The lowest BCUT2D eigenvalue weighted by molar-refractivity contribution is 0.0986. The van der Waals surface area contributed by atoms with E-state index in [1.54, 1.807) is 0 Å². The zero-order valence-corrected chi connectivity index (χ0v) is 8.27. The van der Waals surface area contributed by atoms with Gasteiger partial charge in [-0.25, -0.2) is 0 Å². The number of carbonyl (C=O) groups is 1. The molecule has 2 nitrogen and oxygen atoms in total. The van der Waals surface area contributed by atoms with Gasteiger partial charge in [0.15, 0.2) is 5.78 Å². The molecule has 1 aromatic heterocycles. The Kier molecular flexibility index (Phi) is 2.76. The van der Waals surface area contributed by atoms with Gasteiger partial charge in [0, 0.05) is 19.0 Å². The van der Waals surface area contributed by atoms with Crippen molar-refractivity contribution in [2.45, 2.75) is 25.3 Å². The summed E-state index contributed by atoms with van der Waals surface area (Å²) >= 11 is 1.53. The van der Waals surface area contributed by atoms with E-state index >= 15 is 0 Å². The number of Topliss-reactive ketones (excluding diaryl/α,β-unsaturated/α-hetero) is 1. The minimum atomic E-state index is 0.267. The summed E-state index contributed by atoms with van der Waals surface area (Å²) in [6.45, 7) is 0.835. The van der Waals surface area contributed by atoms with Crippen LogP contribution in [0.3, 0.4) is 0 Å². The van der Waals surface area contributed by atoms with Gasteiger partial charge in [-0.05, 0) is 24.3 Å². The van der Waals surface area contributed by atoms with Crippen molar-refractivity contribution in [3.63, 3.8) is 0 Å². The van der Waals surface area contributed by atoms with Crippen LogP contribution in [0.4, 0.5) is 0 Å². The third-order valence-electron chi connectivity index (χ3n) is 2.16.